The lowest BCUT2D eigenvalue weighted by Gasteiger charge is -2.09. The molecule has 1 heterocycles. The van der Waals surface area contributed by atoms with Gasteiger partial charge in [-0.15, -0.1) is 10.2 Å². The first kappa shape index (κ1) is 19.5. The van der Waals surface area contributed by atoms with Crippen molar-refractivity contribution in [2.45, 2.75) is 6.42 Å². The van der Waals surface area contributed by atoms with E-state index in [-0.39, 0.29) is 18.3 Å². The van der Waals surface area contributed by atoms with Crippen molar-refractivity contribution < 1.29 is 13.9 Å². The van der Waals surface area contributed by atoms with E-state index in [9.17, 15) is 9.18 Å². The quantitative estimate of drug-likeness (QED) is 0.472. The van der Waals surface area contributed by atoms with E-state index in [1.54, 1.807) is 24.3 Å². The Morgan fingerprint density at radius 2 is 1.70 bits per heavy atom. The maximum atomic E-state index is 13.0. The maximum absolute atomic E-state index is 13.0. The number of nitrogens with zero attached hydrogens (tertiary/aromatic N) is 2. The van der Waals surface area contributed by atoms with Crippen molar-refractivity contribution in [2.24, 2.45) is 0 Å². The summed E-state index contributed by atoms with van der Waals surface area (Å²) < 4.78 is 18.5. The Kier molecular flexibility index (Phi) is 5.94. The van der Waals surface area contributed by atoms with Gasteiger partial charge in [0.15, 0.2) is 0 Å². The Bertz CT molecular complexity index is 1140. The Hall–Kier alpha value is -3.80. The van der Waals surface area contributed by atoms with Crippen LogP contribution in [-0.4, -0.2) is 29.3 Å². The summed E-state index contributed by atoms with van der Waals surface area (Å²) in [5.74, 6) is 0.00557. The molecule has 0 spiro atoms. The van der Waals surface area contributed by atoms with Gasteiger partial charge >= 0.3 is 0 Å². The van der Waals surface area contributed by atoms with E-state index in [1.807, 2.05) is 42.5 Å². The summed E-state index contributed by atoms with van der Waals surface area (Å²) in [5, 5.41) is 13.2. The zero-order valence-corrected chi connectivity index (χ0v) is 16.2. The zero-order chi connectivity index (χ0) is 20.8. The predicted molar refractivity (Wildman–Crippen MR) is 114 cm³/mol. The third-order valence-electron chi connectivity index (χ3n) is 4.69. The maximum Gasteiger partial charge on any atom is 0.233 e. The van der Waals surface area contributed by atoms with Crippen molar-refractivity contribution in [3.63, 3.8) is 0 Å². The number of nitrogens with one attached hydrogen (secondary N) is 1. The molecule has 0 unspecified atom stereocenters. The van der Waals surface area contributed by atoms with Gasteiger partial charge in [0.25, 0.3) is 0 Å². The van der Waals surface area contributed by atoms with Crippen molar-refractivity contribution in [3.8, 4) is 17.1 Å². The second kappa shape index (κ2) is 9.13. The molecule has 0 radical (unpaired) electrons. The first-order valence-corrected chi connectivity index (χ1v) is 9.65. The SMILES string of the molecule is O=C(Cc1cccc2ccccc12)NCCOc1ccc(-c2ccc(F)cc2)nn1. The average Bonchev–Trinajstić information content (AvgIpc) is 2.78. The Morgan fingerprint density at radius 1 is 0.900 bits per heavy atom. The van der Waals surface area contributed by atoms with E-state index in [0.29, 0.717) is 24.5 Å². The van der Waals surface area contributed by atoms with Crippen molar-refractivity contribution in [1.82, 2.24) is 15.5 Å². The highest BCUT2D eigenvalue weighted by Gasteiger charge is 2.07. The van der Waals surface area contributed by atoms with Gasteiger partial charge in [-0.2, -0.15) is 0 Å². The van der Waals surface area contributed by atoms with Gasteiger partial charge in [0, 0.05) is 11.6 Å². The molecule has 150 valence electrons. The molecule has 4 aromatic rings. The number of ether oxygens (including phenoxy) is 1. The third-order valence-corrected chi connectivity index (χ3v) is 4.69. The van der Waals surface area contributed by atoms with Gasteiger partial charge in [-0.25, -0.2) is 4.39 Å². The van der Waals surface area contributed by atoms with Gasteiger partial charge in [-0.1, -0.05) is 42.5 Å². The fourth-order valence-electron chi connectivity index (χ4n) is 3.20. The van der Waals surface area contributed by atoms with Crippen LogP contribution < -0.4 is 10.1 Å². The average molecular weight is 401 g/mol. The Balaban J connectivity index is 1.25. The number of rotatable bonds is 7. The number of carbonyl (C=O) groups is 1. The lowest BCUT2D eigenvalue weighted by molar-refractivity contribution is -0.120. The van der Waals surface area contributed by atoms with Crippen molar-refractivity contribution in [3.05, 3.63) is 90.2 Å². The minimum atomic E-state index is -0.297. The van der Waals surface area contributed by atoms with Crippen molar-refractivity contribution >= 4 is 16.7 Å². The molecule has 0 aliphatic carbocycles. The van der Waals surface area contributed by atoms with Gasteiger partial charge in [0.2, 0.25) is 11.8 Å². The Labute approximate surface area is 173 Å². The summed E-state index contributed by atoms with van der Waals surface area (Å²) in [4.78, 5) is 12.3. The highest BCUT2D eigenvalue weighted by Crippen LogP contribution is 2.19. The number of carbonyl (C=O) groups excluding carboxylic acids is 1. The minimum absolute atomic E-state index is 0.0623. The number of amides is 1. The van der Waals surface area contributed by atoms with Crippen LogP contribution in [-0.2, 0) is 11.2 Å². The number of aromatic nitrogens is 2. The second-order valence-corrected chi connectivity index (χ2v) is 6.78. The van der Waals surface area contributed by atoms with Crippen molar-refractivity contribution in [2.75, 3.05) is 13.2 Å². The molecule has 1 amide bonds. The van der Waals surface area contributed by atoms with Crippen LogP contribution in [0.5, 0.6) is 5.88 Å². The molecular weight excluding hydrogens is 381 g/mol. The fraction of sp³-hybridized carbons (Fsp3) is 0.125. The summed E-state index contributed by atoms with van der Waals surface area (Å²) in [6.07, 6.45) is 0.313. The molecule has 0 bridgehead atoms. The third kappa shape index (κ3) is 4.78. The van der Waals surface area contributed by atoms with E-state index >= 15 is 0 Å². The molecule has 5 nitrogen and oxygen atoms in total. The first-order chi connectivity index (χ1) is 14.7. The standard InChI is InChI=1S/C24H20FN3O2/c25-20-10-8-18(9-11-20)22-12-13-24(28-27-22)30-15-14-26-23(29)16-19-6-3-5-17-4-1-2-7-21(17)19/h1-13H,14-16H2,(H,26,29). The largest absolute Gasteiger partial charge is 0.475 e. The number of fused-ring (bicyclic) bond motifs is 1. The molecule has 1 N–H and O–H groups in total. The van der Waals surface area contributed by atoms with Crippen molar-refractivity contribution in [1.29, 1.82) is 0 Å². The Morgan fingerprint density at radius 3 is 2.50 bits per heavy atom. The summed E-state index contributed by atoms with van der Waals surface area (Å²) in [6.45, 7) is 0.650. The molecule has 0 aliphatic rings. The summed E-state index contributed by atoms with van der Waals surface area (Å²) in [7, 11) is 0. The summed E-state index contributed by atoms with van der Waals surface area (Å²) in [6, 6.07) is 23.5. The molecule has 6 heteroatoms. The molecule has 3 aromatic carbocycles. The lowest BCUT2D eigenvalue weighted by atomic mass is 10.0. The molecule has 0 saturated heterocycles. The smallest absolute Gasteiger partial charge is 0.233 e. The van der Waals surface area contributed by atoms with Gasteiger partial charge in [-0.05, 0) is 46.7 Å². The molecule has 1 aromatic heterocycles. The molecule has 0 atom stereocenters. The lowest BCUT2D eigenvalue weighted by Crippen LogP contribution is -2.29. The molecular formula is C24H20FN3O2. The van der Waals surface area contributed by atoms with Gasteiger partial charge < -0.3 is 10.1 Å². The van der Waals surface area contributed by atoms with E-state index in [0.717, 1.165) is 21.9 Å². The molecule has 0 fully saturated rings. The fourth-order valence-corrected chi connectivity index (χ4v) is 3.20. The second-order valence-electron chi connectivity index (χ2n) is 6.78. The van der Waals surface area contributed by atoms with E-state index < -0.39 is 0 Å². The monoisotopic (exact) mass is 401 g/mol. The minimum Gasteiger partial charge on any atom is -0.475 e. The number of hydrogen-bond acceptors (Lipinski definition) is 4. The van der Waals surface area contributed by atoms with Crippen LogP contribution in [0.15, 0.2) is 78.9 Å². The van der Waals surface area contributed by atoms with Crippen LogP contribution in [0, 0.1) is 5.82 Å². The van der Waals surface area contributed by atoms with Crippen LogP contribution in [0.4, 0.5) is 4.39 Å². The van der Waals surface area contributed by atoms with Crippen LogP contribution in [0.3, 0.4) is 0 Å². The molecule has 0 saturated carbocycles. The van der Waals surface area contributed by atoms with Gasteiger partial charge in [-0.3, -0.25) is 4.79 Å². The molecule has 4 rings (SSSR count). The van der Waals surface area contributed by atoms with E-state index in [1.165, 1.54) is 12.1 Å². The van der Waals surface area contributed by atoms with E-state index in [4.69, 9.17) is 4.74 Å². The number of benzene rings is 3. The first-order valence-electron chi connectivity index (χ1n) is 9.65. The number of halogens is 1. The summed E-state index contributed by atoms with van der Waals surface area (Å²) >= 11 is 0. The molecule has 30 heavy (non-hydrogen) atoms. The van der Waals surface area contributed by atoms with Crippen LogP contribution in [0.1, 0.15) is 5.56 Å². The normalized spacial score (nSPS) is 10.7. The number of hydrogen-bond donors (Lipinski definition) is 1. The van der Waals surface area contributed by atoms with E-state index in [2.05, 4.69) is 15.5 Å². The topological polar surface area (TPSA) is 64.1 Å². The van der Waals surface area contributed by atoms with Crippen LogP contribution >= 0.6 is 0 Å². The van der Waals surface area contributed by atoms with Gasteiger partial charge in [0.1, 0.15) is 12.4 Å². The predicted octanol–water partition coefficient (Wildman–Crippen LogP) is 4.17. The van der Waals surface area contributed by atoms with Crippen LogP contribution in [0.25, 0.3) is 22.0 Å². The molecule has 0 aliphatic heterocycles. The zero-order valence-electron chi connectivity index (χ0n) is 16.2. The van der Waals surface area contributed by atoms with Crippen LogP contribution in [0.2, 0.25) is 0 Å². The highest BCUT2D eigenvalue weighted by atomic mass is 19.1. The summed E-state index contributed by atoms with van der Waals surface area (Å²) in [5.41, 5.74) is 2.40. The highest BCUT2D eigenvalue weighted by molar-refractivity contribution is 5.90. The van der Waals surface area contributed by atoms with Gasteiger partial charge in [0.05, 0.1) is 18.7 Å².